The van der Waals surface area contributed by atoms with Crippen LogP contribution < -0.4 is 5.32 Å². The van der Waals surface area contributed by atoms with Crippen molar-refractivity contribution in [2.75, 3.05) is 19.8 Å². The van der Waals surface area contributed by atoms with Gasteiger partial charge in [-0.1, -0.05) is 0 Å². The van der Waals surface area contributed by atoms with Crippen LogP contribution in [0.1, 0.15) is 6.42 Å². The monoisotopic (exact) mass is 157 g/mol. The second-order valence-electron chi connectivity index (χ2n) is 2.94. The van der Waals surface area contributed by atoms with E-state index < -0.39 is 5.79 Å². The normalized spacial score (nSPS) is 34.7. The van der Waals surface area contributed by atoms with Gasteiger partial charge >= 0.3 is 0 Å². The summed E-state index contributed by atoms with van der Waals surface area (Å²) < 4.78 is 10.8. The van der Waals surface area contributed by atoms with Crippen LogP contribution in [0.3, 0.4) is 0 Å². The lowest BCUT2D eigenvalue weighted by Gasteiger charge is -2.19. The first kappa shape index (κ1) is 7.21. The van der Waals surface area contributed by atoms with Crippen molar-refractivity contribution in [1.82, 2.24) is 5.32 Å². The predicted octanol–water partition coefficient (Wildman–Crippen LogP) is -0.710. The summed E-state index contributed by atoms with van der Waals surface area (Å²) in [7, 11) is 0. The fourth-order valence-corrected chi connectivity index (χ4v) is 1.58. The number of nitrogens with one attached hydrogen (secondary N) is 1. The van der Waals surface area contributed by atoms with E-state index in [4.69, 9.17) is 9.47 Å². The van der Waals surface area contributed by atoms with Crippen molar-refractivity contribution in [1.29, 1.82) is 0 Å². The number of aldehydes is 1. The maximum absolute atomic E-state index is 10.4. The Balaban J connectivity index is 2.01. The third-order valence-electron chi connectivity index (χ3n) is 2.14. The van der Waals surface area contributed by atoms with Crippen molar-refractivity contribution in [3.63, 3.8) is 0 Å². The van der Waals surface area contributed by atoms with Crippen LogP contribution in [0.5, 0.6) is 0 Å². The van der Waals surface area contributed by atoms with Gasteiger partial charge in [-0.2, -0.15) is 0 Å². The quantitative estimate of drug-likeness (QED) is 0.511. The maximum atomic E-state index is 10.4. The van der Waals surface area contributed by atoms with Gasteiger partial charge in [-0.3, -0.25) is 0 Å². The minimum Gasteiger partial charge on any atom is -0.346 e. The molecular formula is C7H11NO3. The first-order chi connectivity index (χ1) is 5.35. The molecule has 2 aliphatic heterocycles. The Bertz CT molecular complexity index is 165. The Morgan fingerprint density at radius 2 is 2.18 bits per heavy atom. The molecule has 0 aromatic rings. The molecule has 2 heterocycles. The average Bonchev–Trinajstić information content (AvgIpc) is 2.62. The zero-order valence-electron chi connectivity index (χ0n) is 6.21. The average molecular weight is 157 g/mol. The molecular weight excluding hydrogens is 146 g/mol. The Hall–Kier alpha value is -0.450. The number of carbonyl (C=O) groups is 1. The van der Waals surface area contributed by atoms with Crippen LogP contribution in [-0.2, 0) is 14.3 Å². The molecule has 1 atom stereocenters. The van der Waals surface area contributed by atoms with Gasteiger partial charge in [0.1, 0.15) is 6.29 Å². The lowest BCUT2D eigenvalue weighted by Crippen LogP contribution is -2.32. The summed E-state index contributed by atoms with van der Waals surface area (Å²) in [5.41, 5.74) is 0. The molecule has 1 spiro atoms. The fraction of sp³-hybridized carbons (Fsp3) is 0.857. The molecule has 0 aromatic heterocycles. The van der Waals surface area contributed by atoms with Gasteiger partial charge in [0, 0.05) is 6.42 Å². The second-order valence-corrected chi connectivity index (χ2v) is 2.94. The van der Waals surface area contributed by atoms with E-state index in [0.29, 0.717) is 26.2 Å². The van der Waals surface area contributed by atoms with Gasteiger partial charge in [-0.25, -0.2) is 0 Å². The highest BCUT2D eigenvalue weighted by atomic mass is 16.7. The van der Waals surface area contributed by atoms with Gasteiger partial charge in [0.05, 0.1) is 25.8 Å². The predicted molar refractivity (Wildman–Crippen MR) is 37.1 cm³/mol. The molecule has 62 valence electrons. The Kier molecular flexibility index (Phi) is 1.67. The van der Waals surface area contributed by atoms with Crippen LogP contribution >= 0.6 is 0 Å². The first-order valence-electron chi connectivity index (χ1n) is 3.81. The summed E-state index contributed by atoms with van der Waals surface area (Å²) in [5.74, 6) is -0.481. The van der Waals surface area contributed by atoms with Crippen molar-refractivity contribution in [2.24, 2.45) is 0 Å². The molecule has 4 nitrogen and oxygen atoms in total. The third-order valence-corrected chi connectivity index (χ3v) is 2.14. The van der Waals surface area contributed by atoms with Crippen LogP contribution in [0.15, 0.2) is 0 Å². The van der Waals surface area contributed by atoms with Crippen LogP contribution in [0.25, 0.3) is 0 Å². The largest absolute Gasteiger partial charge is 0.346 e. The van der Waals surface area contributed by atoms with E-state index in [9.17, 15) is 4.79 Å². The highest BCUT2D eigenvalue weighted by molar-refractivity contribution is 5.58. The molecule has 0 saturated carbocycles. The third kappa shape index (κ3) is 1.17. The van der Waals surface area contributed by atoms with Crippen molar-refractivity contribution in [3.05, 3.63) is 0 Å². The second kappa shape index (κ2) is 2.55. The van der Waals surface area contributed by atoms with Crippen LogP contribution in [0.4, 0.5) is 0 Å². The molecule has 0 radical (unpaired) electrons. The zero-order valence-corrected chi connectivity index (χ0v) is 6.21. The molecule has 1 unspecified atom stereocenters. The molecule has 2 aliphatic rings. The summed E-state index contributed by atoms with van der Waals surface area (Å²) in [5, 5.41) is 3.02. The van der Waals surface area contributed by atoms with E-state index >= 15 is 0 Å². The van der Waals surface area contributed by atoms with E-state index in [2.05, 4.69) is 5.32 Å². The lowest BCUT2D eigenvalue weighted by molar-refractivity contribution is -0.142. The molecule has 1 N–H and O–H groups in total. The van der Waals surface area contributed by atoms with Crippen LogP contribution in [0, 0.1) is 0 Å². The highest BCUT2D eigenvalue weighted by Crippen LogP contribution is 2.28. The first-order valence-corrected chi connectivity index (χ1v) is 3.81. The van der Waals surface area contributed by atoms with Crippen LogP contribution in [0.2, 0.25) is 0 Å². The van der Waals surface area contributed by atoms with E-state index in [1.807, 2.05) is 0 Å². The molecule has 11 heavy (non-hydrogen) atoms. The van der Waals surface area contributed by atoms with Crippen molar-refractivity contribution < 1.29 is 14.3 Å². The Labute approximate surface area is 64.9 Å². The molecule has 2 rings (SSSR count). The molecule has 2 saturated heterocycles. The van der Waals surface area contributed by atoms with E-state index in [1.54, 1.807) is 0 Å². The molecule has 0 amide bonds. The number of ether oxygens (including phenoxy) is 2. The van der Waals surface area contributed by atoms with Gasteiger partial charge in [0.15, 0.2) is 5.79 Å². The molecule has 4 heteroatoms. The topological polar surface area (TPSA) is 47.6 Å². The summed E-state index contributed by atoms with van der Waals surface area (Å²) >= 11 is 0. The highest BCUT2D eigenvalue weighted by Gasteiger charge is 2.43. The van der Waals surface area contributed by atoms with Crippen molar-refractivity contribution >= 4 is 6.29 Å². The number of carbonyl (C=O) groups excluding carboxylic acids is 1. The van der Waals surface area contributed by atoms with Crippen molar-refractivity contribution in [3.8, 4) is 0 Å². The lowest BCUT2D eigenvalue weighted by atomic mass is 10.2. The summed E-state index contributed by atoms with van der Waals surface area (Å²) in [6.07, 6.45) is 1.55. The van der Waals surface area contributed by atoms with Gasteiger partial charge in [0.25, 0.3) is 0 Å². The number of rotatable bonds is 1. The molecule has 2 fully saturated rings. The van der Waals surface area contributed by atoms with Crippen LogP contribution in [-0.4, -0.2) is 37.9 Å². The summed E-state index contributed by atoms with van der Waals surface area (Å²) in [6, 6.07) is -0.0897. The van der Waals surface area contributed by atoms with E-state index in [1.165, 1.54) is 0 Å². The SMILES string of the molecule is O=CC1CC2(CN1)OCCO2. The van der Waals surface area contributed by atoms with Gasteiger partial charge in [-0.15, -0.1) is 0 Å². The number of hydrogen-bond donors (Lipinski definition) is 1. The fourth-order valence-electron chi connectivity index (χ4n) is 1.58. The molecule has 0 bridgehead atoms. The smallest absolute Gasteiger partial charge is 0.182 e. The molecule has 0 aromatic carbocycles. The Morgan fingerprint density at radius 1 is 1.45 bits per heavy atom. The maximum Gasteiger partial charge on any atom is 0.182 e. The standard InChI is InChI=1S/C7H11NO3/c9-4-6-3-7(5-8-6)10-1-2-11-7/h4,6,8H,1-3,5H2. The summed E-state index contributed by atoms with van der Waals surface area (Å²) in [4.78, 5) is 10.4. The van der Waals surface area contributed by atoms with E-state index in [0.717, 1.165) is 6.29 Å². The van der Waals surface area contributed by atoms with Gasteiger partial charge in [-0.05, 0) is 0 Å². The van der Waals surface area contributed by atoms with E-state index in [-0.39, 0.29) is 6.04 Å². The minimum atomic E-state index is -0.481. The van der Waals surface area contributed by atoms with Crippen molar-refractivity contribution in [2.45, 2.75) is 18.2 Å². The zero-order chi connectivity index (χ0) is 7.73. The minimum absolute atomic E-state index is 0.0897. The number of hydrogen-bond acceptors (Lipinski definition) is 4. The van der Waals surface area contributed by atoms with Gasteiger partial charge < -0.3 is 19.6 Å². The van der Waals surface area contributed by atoms with Gasteiger partial charge in [0.2, 0.25) is 0 Å². The summed E-state index contributed by atoms with van der Waals surface area (Å²) in [6.45, 7) is 1.93. The Morgan fingerprint density at radius 3 is 2.73 bits per heavy atom. The molecule has 0 aliphatic carbocycles.